The van der Waals surface area contributed by atoms with Crippen LogP contribution in [0.4, 0.5) is 0 Å². The minimum atomic E-state index is -0.153. The Hall–Kier alpha value is -1.92. The zero-order valence-electron chi connectivity index (χ0n) is 14.0. The van der Waals surface area contributed by atoms with Gasteiger partial charge in [0.2, 0.25) is 0 Å². The summed E-state index contributed by atoms with van der Waals surface area (Å²) >= 11 is 1.44. The predicted octanol–water partition coefficient (Wildman–Crippen LogP) is 3.25. The lowest BCUT2D eigenvalue weighted by atomic mass is 10.1. The van der Waals surface area contributed by atoms with Crippen molar-refractivity contribution in [1.29, 1.82) is 0 Å². The van der Waals surface area contributed by atoms with Crippen LogP contribution in [-0.2, 0) is 11.3 Å². The Morgan fingerprint density at radius 3 is 3.12 bits per heavy atom. The van der Waals surface area contributed by atoms with Crippen LogP contribution in [0.3, 0.4) is 0 Å². The van der Waals surface area contributed by atoms with Gasteiger partial charge in [0.15, 0.2) is 0 Å². The second-order valence-corrected chi connectivity index (χ2v) is 6.90. The standard InChI is InChI=1S/C18H22N2O3S/c1-12-5-3-7-16(13(12)2)23-10-17-20-15(11-24-17)18(21)19-9-14-6-4-8-22-14/h3,5,7,11,14H,4,6,8-10H2,1-2H3,(H,19,21). The van der Waals surface area contributed by atoms with Crippen LogP contribution >= 0.6 is 11.3 Å². The summed E-state index contributed by atoms with van der Waals surface area (Å²) in [4.78, 5) is 16.5. The van der Waals surface area contributed by atoms with Crippen LogP contribution in [0.25, 0.3) is 0 Å². The molecule has 0 saturated carbocycles. The van der Waals surface area contributed by atoms with Crippen LogP contribution in [0.15, 0.2) is 23.6 Å². The Morgan fingerprint density at radius 1 is 1.46 bits per heavy atom. The van der Waals surface area contributed by atoms with E-state index in [1.807, 2.05) is 19.1 Å². The first kappa shape index (κ1) is 16.9. The average Bonchev–Trinajstić information content (AvgIpc) is 3.25. The fourth-order valence-electron chi connectivity index (χ4n) is 2.60. The number of aryl methyl sites for hydroxylation is 1. The lowest BCUT2D eigenvalue weighted by molar-refractivity contribution is 0.0854. The molecule has 128 valence electrons. The van der Waals surface area contributed by atoms with Crippen LogP contribution in [-0.4, -0.2) is 30.1 Å². The maximum atomic E-state index is 12.1. The van der Waals surface area contributed by atoms with E-state index in [9.17, 15) is 4.79 Å². The van der Waals surface area contributed by atoms with E-state index in [2.05, 4.69) is 23.3 Å². The number of carbonyl (C=O) groups is 1. The monoisotopic (exact) mass is 346 g/mol. The van der Waals surface area contributed by atoms with Gasteiger partial charge in [-0.15, -0.1) is 11.3 Å². The van der Waals surface area contributed by atoms with E-state index in [-0.39, 0.29) is 12.0 Å². The number of benzene rings is 1. The lowest BCUT2D eigenvalue weighted by Crippen LogP contribution is -2.31. The Bertz CT molecular complexity index is 708. The van der Waals surface area contributed by atoms with Gasteiger partial charge in [0.05, 0.1) is 6.10 Å². The topological polar surface area (TPSA) is 60.5 Å². The predicted molar refractivity (Wildman–Crippen MR) is 93.7 cm³/mol. The summed E-state index contributed by atoms with van der Waals surface area (Å²) in [7, 11) is 0. The van der Waals surface area contributed by atoms with Crippen molar-refractivity contribution in [1.82, 2.24) is 10.3 Å². The highest BCUT2D eigenvalue weighted by Crippen LogP contribution is 2.22. The Kier molecular flexibility index (Phi) is 5.48. The molecule has 5 nitrogen and oxygen atoms in total. The van der Waals surface area contributed by atoms with Crippen molar-refractivity contribution in [3.05, 3.63) is 45.4 Å². The molecular weight excluding hydrogens is 324 g/mol. The molecule has 24 heavy (non-hydrogen) atoms. The molecule has 3 rings (SSSR count). The van der Waals surface area contributed by atoms with Crippen molar-refractivity contribution in [3.8, 4) is 5.75 Å². The molecule has 1 unspecified atom stereocenters. The molecule has 1 aliphatic heterocycles. The molecule has 0 bridgehead atoms. The summed E-state index contributed by atoms with van der Waals surface area (Å²) in [5.41, 5.74) is 2.77. The molecule has 2 heterocycles. The number of ether oxygens (including phenoxy) is 2. The fraction of sp³-hybridized carbons (Fsp3) is 0.444. The molecule has 1 aliphatic rings. The van der Waals surface area contributed by atoms with Gasteiger partial charge >= 0.3 is 0 Å². The zero-order valence-corrected chi connectivity index (χ0v) is 14.8. The van der Waals surface area contributed by atoms with Crippen molar-refractivity contribution in [2.24, 2.45) is 0 Å². The first-order valence-corrected chi connectivity index (χ1v) is 9.04. The van der Waals surface area contributed by atoms with Gasteiger partial charge in [-0.3, -0.25) is 4.79 Å². The molecule has 1 aromatic carbocycles. The van der Waals surface area contributed by atoms with Gasteiger partial charge < -0.3 is 14.8 Å². The van der Waals surface area contributed by atoms with Crippen molar-refractivity contribution in [2.45, 2.75) is 39.4 Å². The third-order valence-electron chi connectivity index (χ3n) is 4.20. The van der Waals surface area contributed by atoms with E-state index in [0.29, 0.717) is 18.8 Å². The maximum Gasteiger partial charge on any atom is 0.270 e. The highest BCUT2D eigenvalue weighted by Gasteiger charge is 2.18. The minimum Gasteiger partial charge on any atom is -0.486 e. The largest absolute Gasteiger partial charge is 0.486 e. The van der Waals surface area contributed by atoms with Gasteiger partial charge in [-0.2, -0.15) is 0 Å². The summed E-state index contributed by atoms with van der Waals surface area (Å²) in [6, 6.07) is 5.98. The summed E-state index contributed by atoms with van der Waals surface area (Å²) in [5, 5.41) is 5.44. The van der Waals surface area contributed by atoms with Crippen LogP contribution in [0.2, 0.25) is 0 Å². The molecule has 1 atom stereocenters. The van der Waals surface area contributed by atoms with Gasteiger partial charge in [-0.1, -0.05) is 12.1 Å². The van der Waals surface area contributed by atoms with Crippen molar-refractivity contribution >= 4 is 17.2 Å². The number of nitrogens with one attached hydrogen (secondary N) is 1. The summed E-state index contributed by atoms with van der Waals surface area (Å²) < 4.78 is 11.3. The number of amides is 1. The van der Waals surface area contributed by atoms with Crippen LogP contribution in [0, 0.1) is 13.8 Å². The van der Waals surface area contributed by atoms with Crippen molar-refractivity contribution in [3.63, 3.8) is 0 Å². The first-order chi connectivity index (χ1) is 11.6. The van der Waals surface area contributed by atoms with Crippen molar-refractivity contribution < 1.29 is 14.3 Å². The highest BCUT2D eigenvalue weighted by molar-refractivity contribution is 7.09. The Balaban J connectivity index is 1.53. The molecule has 0 radical (unpaired) electrons. The maximum absolute atomic E-state index is 12.1. The molecule has 1 amide bonds. The van der Waals surface area contributed by atoms with Crippen LogP contribution in [0.5, 0.6) is 5.75 Å². The summed E-state index contributed by atoms with van der Waals surface area (Å²) in [5.74, 6) is 0.703. The number of thiazole rings is 1. The highest BCUT2D eigenvalue weighted by atomic mass is 32.1. The third kappa shape index (κ3) is 4.13. The number of nitrogens with zero attached hydrogens (tertiary/aromatic N) is 1. The molecule has 2 aromatic rings. The van der Waals surface area contributed by atoms with Crippen LogP contribution in [0.1, 0.15) is 39.5 Å². The average molecular weight is 346 g/mol. The van der Waals surface area contributed by atoms with Gasteiger partial charge in [0.25, 0.3) is 5.91 Å². The lowest BCUT2D eigenvalue weighted by Gasteiger charge is -2.10. The molecular formula is C18H22N2O3S. The van der Waals surface area contributed by atoms with E-state index < -0.39 is 0 Å². The molecule has 0 aliphatic carbocycles. The molecule has 1 N–H and O–H groups in total. The molecule has 1 aromatic heterocycles. The number of rotatable bonds is 6. The number of hydrogen-bond donors (Lipinski definition) is 1. The normalized spacial score (nSPS) is 17.0. The summed E-state index contributed by atoms with van der Waals surface area (Å²) in [6.45, 7) is 5.80. The smallest absolute Gasteiger partial charge is 0.270 e. The minimum absolute atomic E-state index is 0.139. The number of hydrogen-bond acceptors (Lipinski definition) is 5. The van der Waals surface area contributed by atoms with E-state index in [1.54, 1.807) is 5.38 Å². The molecule has 6 heteroatoms. The molecule has 0 spiro atoms. The first-order valence-electron chi connectivity index (χ1n) is 8.16. The van der Waals surface area contributed by atoms with E-state index >= 15 is 0 Å². The second kappa shape index (κ2) is 7.77. The number of carbonyl (C=O) groups excluding carboxylic acids is 1. The third-order valence-corrected chi connectivity index (χ3v) is 5.03. The SMILES string of the molecule is Cc1cccc(OCc2nc(C(=O)NCC3CCCO3)cs2)c1C. The number of aromatic nitrogens is 1. The van der Waals surface area contributed by atoms with E-state index in [1.165, 1.54) is 16.9 Å². The quantitative estimate of drug-likeness (QED) is 0.872. The molecule has 1 fully saturated rings. The Morgan fingerprint density at radius 2 is 2.33 bits per heavy atom. The van der Waals surface area contributed by atoms with Crippen LogP contribution < -0.4 is 10.1 Å². The van der Waals surface area contributed by atoms with Gasteiger partial charge in [-0.05, 0) is 43.9 Å². The molecule has 1 saturated heterocycles. The Labute approximate surface area is 146 Å². The second-order valence-electron chi connectivity index (χ2n) is 5.96. The van der Waals surface area contributed by atoms with E-state index in [0.717, 1.165) is 35.8 Å². The fourth-order valence-corrected chi connectivity index (χ4v) is 3.29. The van der Waals surface area contributed by atoms with Crippen molar-refractivity contribution in [2.75, 3.05) is 13.2 Å². The zero-order chi connectivity index (χ0) is 16.9. The van der Waals surface area contributed by atoms with E-state index in [4.69, 9.17) is 9.47 Å². The van der Waals surface area contributed by atoms with Gasteiger partial charge in [-0.25, -0.2) is 4.98 Å². The van der Waals surface area contributed by atoms with Gasteiger partial charge in [0.1, 0.15) is 23.1 Å². The van der Waals surface area contributed by atoms with Gasteiger partial charge in [0, 0.05) is 18.5 Å². The summed E-state index contributed by atoms with van der Waals surface area (Å²) in [6.07, 6.45) is 2.21.